The van der Waals surface area contributed by atoms with Gasteiger partial charge in [-0.15, -0.1) is 13.2 Å². The number of rotatable bonds is 5. The maximum atomic E-state index is 13.0. The fraction of sp³-hybridized carbons (Fsp3) is 0.150. The molecular weight excluding hydrogens is 407 g/mol. The van der Waals surface area contributed by atoms with E-state index in [2.05, 4.69) is 4.74 Å². The van der Waals surface area contributed by atoms with Crippen LogP contribution in [0.15, 0.2) is 42.5 Å². The molecular formula is C20H14F3NO6. The minimum Gasteiger partial charge on any atom is -0.481 e. The smallest absolute Gasteiger partial charge is 0.481 e. The lowest BCUT2D eigenvalue weighted by molar-refractivity contribution is -0.274. The molecule has 0 aliphatic rings. The van der Waals surface area contributed by atoms with E-state index in [1.807, 2.05) is 0 Å². The third-order valence-electron chi connectivity index (χ3n) is 4.45. The molecule has 10 heteroatoms. The molecule has 0 amide bonds. The van der Waals surface area contributed by atoms with Crippen molar-refractivity contribution in [1.29, 1.82) is 0 Å². The van der Waals surface area contributed by atoms with Crippen molar-refractivity contribution in [2.45, 2.75) is 19.7 Å². The lowest BCUT2D eigenvalue weighted by Crippen LogP contribution is -2.17. The van der Waals surface area contributed by atoms with Gasteiger partial charge in [-0.25, -0.2) is 4.79 Å². The van der Waals surface area contributed by atoms with Crippen LogP contribution < -0.4 is 4.74 Å². The lowest BCUT2D eigenvalue weighted by atomic mass is 10.1. The minimum absolute atomic E-state index is 0.0358. The predicted molar refractivity (Wildman–Crippen MR) is 97.8 cm³/mol. The second-order valence-electron chi connectivity index (χ2n) is 6.38. The Morgan fingerprint density at radius 3 is 2.13 bits per heavy atom. The van der Waals surface area contributed by atoms with Crippen LogP contribution in [-0.2, 0) is 11.2 Å². The molecule has 0 fully saturated rings. The van der Waals surface area contributed by atoms with Crippen molar-refractivity contribution in [1.82, 2.24) is 4.57 Å². The summed E-state index contributed by atoms with van der Waals surface area (Å²) < 4.78 is 41.9. The third kappa shape index (κ3) is 4.12. The van der Waals surface area contributed by atoms with Crippen molar-refractivity contribution < 1.29 is 42.5 Å². The molecule has 1 heterocycles. The fourth-order valence-electron chi connectivity index (χ4n) is 3.18. The summed E-state index contributed by atoms with van der Waals surface area (Å²) in [6.07, 6.45) is -5.31. The second-order valence-corrected chi connectivity index (χ2v) is 6.38. The first-order valence-electron chi connectivity index (χ1n) is 8.47. The van der Waals surface area contributed by atoms with Crippen molar-refractivity contribution in [2.75, 3.05) is 0 Å². The maximum Gasteiger partial charge on any atom is 0.573 e. The van der Waals surface area contributed by atoms with E-state index in [1.165, 1.54) is 29.7 Å². The number of carbonyl (C=O) groups excluding carboxylic acids is 1. The number of benzene rings is 2. The van der Waals surface area contributed by atoms with Crippen LogP contribution in [0, 0.1) is 6.92 Å². The van der Waals surface area contributed by atoms with Crippen LogP contribution in [0.1, 0.15) is 32.0 Å². The number of carbonyl (C=O) groups is 3. The number of aromatic nitrogens is 1. The Morgan fingerprint density at radius 1 is 1.00 bits per heavy atom. The first-order valence-corrected chi connectivity index (χ1v) is 8.47. The molecule has 7 nitrogen and oxygen atoms in total. The Hall–Kier alpha value is -3.82. The summed E-state index contributed by atoms with van der Waals surface area (Å²) >= 11 is 0. The Balaban J connectivity index is 2.10. The average Bonchev–Trinajstić information content (AvgIpc) is 2.91. The highest BCUT2D eigenvalue weighted by Crippen LogP contribution is 2.29. The van der Waals surface area contributed by atoms with E-state index in [4.69, 9.17) is 0 Å². The van der Waals surface area contributed by atoms with Crippen LogP contribution in [-0.4, -0.2) is 39.0 Å². The molecule has 0 aliphatic carbocycles. The SMILES string of the molecule is Cc1c(CC(=O)O)c2cc(C(=O)O)ccc2n1C(=O)c1ccc(OC(F)(F)F)cc1. The van der Waals surface area contributed by atoms with Gasteiger partial charge in [-0.1, -0.05) is 0 Å². The maximum absolute atomic E-state index is 13.0. The zero-order chi connectivity index (χ0) is 22.2. The molecule has 0 unspecified atom stereocenters. The Labute approximate surface area is 166 Å². The summed E-state index contributed by atoms with van der Waals surface area (Å²) in [5, 5.41) is 18.7. The van der Waals surface area contributed by atoms with Gasteiger partial charge in [0.2, 0.25) is 0 Å². The van der Waals surface area contributed by atoms with Crippen LogP contribution in [0.4, 0.5) is 13.2 Å². The lowest BCUT2D eigenvalue weighted by Gasteiger charge is -2.10. The standard InChI is InChI=1S/C20H14F3NO6/c1-10-14(9-17(25)26)15-8-12(19(28)29)4-7-16(15)24(10)18(27)11-2-5-13(6-3-11)30-20(21,22)23/h2-8H,9H2,1H3,(H,25,26)(H,28,29). The van der Waals surface area contributed by atoms with Gasteiger partial charge in [0.05, 0.1) is 17.5 Å². The third-order valence-corrected chi connectivity index (χ3v) is 4.45. The molecule has 0 spiro atoms. The molecule has 0 atom stereocenters. The Bertz CT molecular complexity index is 1160. The van der Waals surface area contributed by atoms with E-state index in [0.29, 0.717) is 5.39 Å². The number of halogens is 3. The number of fused-ring (bicyclic) bond motifs is 1. The van der Waals surface area contributed by atoms with Gasteiger partial charge >= 0.3 is 18.3 Å². The van der Waals surface area contributed by atoms with E-state index in [0.717, 1.165) is 24.3 Å². The van der Waals surface area contributed by atoms with Crippen LogP contribution in [0.5, 0.6) is 5.75 Å². The molecule has 0 radical (unpaired) electrons. The van der Waals surface area contributed by atoms with Gasteiger partial charge in [0, 0.05) is 16.6 Å². The topological polar surface area (TPSA) is 106 Å². The molecule has 0 saturated heterocycles. The molecule has 0 saturated carbocycles. The number of alkyl halides is 3. The van der Waals surface area contributed by atoms with Crippen molar-refractivity contribution in [3.63, 3.8) is 0 Å². The molecule has 156 valence electrons. The summed E-state index contributed by atoms with van der Waals surface area (Å²) in [6, 6.07) is 8.22. The summed E-state index contributed by atoms with van der Waals surface area (Å²) in [5.41, 5.74) is 0.803. The number of nitrogens with zero attached hydrogens (tertiary/aromatic N) is 1. The van der Waals surface area contributed by atoms with E-state index in [9.17, 15) is 37.8 Å². The van der Waals surface area contributed by atoms with Gasteiger partial charge in [-0.05, 0) is 55.0 Å². The van der Waals surface area contributed by atoms with Gasteiger partial charge in [0.25, 0.3) is 5.91 Å². The molecule has 0 aliphatic heterocycles. The van der Waals surface area contributed by atoms with Gasteiger partial charge in [-0.2, -0.15) is 0 Å². The predicted octanol–water partition coefficient (Wildman–Crippen LogP) is 3.86. The highest BCUT2D eigenvalue weighted by atomic mass is 19.4. The monoisotopic (exact) mass is 421 g/mol. The van der Waals surface area contributed by atoms with E-state index in [1.54, 1.807) is 0 Å². The molecule has 1 aromatic heterocycles. The second kappa shape index (κ2) is 7.54. The van der Waals surface area contributed by atoms with Crippen molar-refractivity contribution in [3.8, 4) is 5.75 Å². The average molecular weight is 421 g/mol. The number of aromatic carboxylic acids is 1. The number of hydrogen-bond donors (Lipinski definition) is 2. The van der Waals surface area contributed by atoms with Gasteiger partial charge in [0.15, 0.2) is 0 Å². The van der Waals surface area contributed by atoms with Crippen LogP contribution >= 0.6 is 0 Å². The molecule has 2 N–H and O–H groups in total. The zero-order valence-electron chi connectivity index (χ0n) is 15.4. The van der Waals surface area contributed by atoms with E-state index in [-0.39, 0.29) is 27.9 Å². The number of hydrogen-bond acceptors (Lipinski definition) is 4. The normalized spacial score (nSPS) is 11.5. The Morgan fingerprint density at radius 2 is 1.60 bits per heavy atom. The first-order chi connectivity index (χ1) is 14.0. The number of aliphatic carboxylic acids is 1. The van der Waals surface area contributed by atoms with E-state index < -0.39 is 36.4 Å². The minimum atomic E-state index is -4.87. The largest absolute Gasteiger partial charge is 0.573 e. The molecule has 3 rings (SSSR count). The summed E-state index contributed by atoms with van der Waals surface area (Å²) in [4.78, 5) is 35.6. The molecule has 0 bridgehead atoms. The van der Waals surface area contributed by atoms with Crippen molar-refractivity contribution >= 4 is 28.7 Å². The Kier molecular flexibility index (Phi) is 5.26. The van der Waals surface area contributed by atoms with Gasteiger partial charge < -0.3 is 14.9 Å². The van der Waals surface area contributed by atoms with Crippen LogP contribution in [0.3, 0.4) is 0 Å². The number of ether oxygens (including phenoxy) is 1. The highest BCUT2D eigenvalue weighted by Gasteiger charge is 2.31. The summed E-state index contributed by atoms with van der Waals surface area (Å²) in [6.45, 7) is 1.51. The highest BCUT2D eigenvalue weighted by molar-refractivity contribution is 6.06. The summed E-state index contributed by atoms with van der Waals surface area (Å²) in [7, 11) is 0. The number of carboxylic acids is 2. The van der Waals surface area contributed by atoms with Gasteiger partial charge in [-0.3, -0.25) is 14.2 Å². The van der Waals surface area contributed by atoms with Crippen molar-refractivity contribution in [3.05, 3.63) is 64.8 Å². The molecule has 2 aromatic carbocycles. The fourth-order valence-corrected chi connectivity index (χ4v) is 3.18. The quantitative estimate of drug-likeness (QED) is 0.648. The van der Waals surface area contributed by atoms with Crippen molar-refractivity contribution in [2.24, 2.45) is 0 Å². The zero-order valence-corrected chi connectivity index (χ0v) is 15.4. The van der Waals surface area contributed by atoms with Crippen LogP contribution in [0.2, 0.25) is 0 Å². The first kappa shape index (κ1) is 20.9. The molecule has 30 heavy (non-hydrogen) atoms. The van der Waals surface area contributed by atoms with Gasteiger partial charge in [0.1, 0.15) is 5.75 Å². The summed E-state index contributed by atoms with van der Waals surface area (Å²) in [5.74, 6) is -3.49. The van der Waals surface area contributed by atoms with E-state index >= 15 is 0 Å². The van der Waals surface area contributed by atoms with Crippen LogP contribution in [0.25, 0.3) is 10.9 Å². The number of carboxylic acid groups (broad SMARTS) is 2. The molecule has 3 aromatic rings.